The molecule has 0 saturated carbocycles. The van der Waals surface area contributed by atoms with Crippen LogP contribution in [-0.4, -0.2) is 98.7 Å². The predicted octanol–water partition coefficient (Wildman–Crippen LogP) is 4.59. The number of carbonyl (C=O) groups is 1. The number of benzene rings is 2. The summed E-state index contributed by atoms with van der Waals surface area (Å²) in [6, 6.07) is 14.1. The van der Waals surface area contributed by atoms with Crippen LogP contribution in [0.25, 0.3) is 0 Å². The number of para-hydroxylation sites is 1. The first-order chi connectivity index (χ1) is 20.7. The molecule has 0 spiro atoms. The van der Waals surface area contributed by atoms with Crippen molar-refractivity contribution in [3.8, 4) is 5.75 Å². The van der Waals surface area contributed by atoms with E-state index in [4.69, 9.17) is 21.1 Å². The Labute approximate surface area is 257 Å². The van der Waals surface area contributed by atoms with Crippen LogP contribution < -0.4 is 25.6 Å². The van der Waals surface area contributed by atoms with Crippen LogP contribution in [0.1, 0.15) is 12.8 Å². The number of anilines is 5. The molecule has 2 N–H and O–H groups in total. The Kier molecular flexibility index (Phi) is 10.1. The van der Waals surface area contributed by atoms with Gasteiger partial charge in [0.05, 0.1) is 24.7 Å². The van der Waals surface area contributed by atoms with Crippen LogP contribution in [0.15, 0.2) is 48.7 Å². The number of piperidine rings is 1. The maximum atomic E-state index is 12.8. The Morgan fingerprint density at radius 2 is 1.77 bits per heavy atom. The first-order valence-electron chi connectivity index (χ1n) is 14.4. The summed E-state index contributed by atoms with van der Waals surface area (Å²) in [7, 11) is -0.872. The summed E-state index contributed by atoms with van der Waals surface area (Å²) in [5.41, 5.74) is 2.54. The van der Waals surface area contributed by atoms with Gasteiger partial charge < -0.3 is 29.6 Å². The fourth-order valence-corrected chi connectivity index (χ4v) is 6.97. The first kappa shape index (κ1) is 31.1. The highest BCUT2D eigenvalue weighted by Gasteiger charge is 2.28. The number of methoxy groups -OCH3 is 1. The Bertz CT molecular complexity index is 1460. The topological polar surface area (TPSA) is 112 Å². The van der Waals surface area contributed by atoms with Crippen molar-refractivity contribution < 1.29 is 18.8 Å². The van der Waals surface area contributed by atoms with E-state index in [1.807, 2.05) is 36.4 Å². The molecule has 11 nitrogen and oxygen atoms in total. The summed E-state index contributed by atoms with van der Waals surface area (Å²) >= 11 is 6.43. The fraction of sp³-hybridized carbons (Fsp3) is 0.433. The second-order valence-corrected chi connectivity index (χ2v) is 14.7. The van der Waals surface area contributed by atoms with Crippen molar-refractivity contribution in [3.05, 3.63) is 53.7 Å². The van der Waals surface area contributed by atoms with Gasteiger partial charge in [-0.05, 0) is 50.4 Å². The highest BCUT2D eigenvalue weighted by Crippen LogP contribution is 2.39. The molecule has 0 radical (unpaired) electrons. The van der Waals surface area contributed by atoms with Gasteiger partial charge >= 0.3 is 0 Å². The van der Waals surface area contributed by atoms with Crippen molar-refractivity contribution >= 4 is 59.3 Å². The molecule has 0 aliphatic carbocycles. The average molecular weight is 628 g/mol. The van der Waals surface area contributed by atoms with Crippen molar-refractivity contribution in [2.75, 3.05) is 82.0 Å². The summed E-state index contributed by atoms with van der Waals surface area (Å²) in [5.74, 6) is 1.45. The minimum absolute atomic E-state index is 0.349. The lowest BCUT2D eigenvalue weighted by atomic mass is 10.0. The molecule has 0 bridgehead atoms. The highest BCUT2D eigenvalue weighted by atomic mass is 35.5. The lowest BCUT2D eigenvalue weighted by molar-refractivity contribution is -0.134. The Morgan fingerprint density at radius 3 is 2.47 bits per heavy atom. The number of nitrogens with one attached hydrogen (secondary N) is 2. The van der Waals surface area contributed by atoms with Crippen molar-refractivity contribution in [1.29, 1.82) is 0 Å². The largest absolute Gasteiger partial charge is 0.494 e. The van der Waals surface area contributed by atoms with E-state index in [0.29, 0.717) is 47.5 Å². The number of nitrogens with zero attached hydrogens (tertiary/aromatic N) is 5. The zero-order valence-corrected chi connectivity index (χ0v) is 26.5. The number of halogens is 1. The summed E-state index contributed by atoms with van der Waals surface area (Å²) < 4.78 is 23.5. The third-order valence-electron chi connectivity index (χ3n) is 7.99. The van der Waals surface area contributed by atoms with Crippen LogP contribution in [0.3, 0.4) is 0 Å². The predicted molar refractivity (Wildman–Crippen MR) is 173 cm³/mol. The molecule has 5 rings (SSSR count). The van der Waals surface area contributed by atoms with Crippen LogP contribution in [-0.2, 0) is 14.1 Å². The van der Waals surface area contributed by atoms with E-state index in [2.05, 4.69) is 41.4 Å². The van der Waals surface area contributed by atoms with Gasteiger partial charge in [-0.3, -0.25) is 14.6 Å². The van der Waals surface area contributed by atoms with E-state index in [1.54, 1.807) is 20.4 Å². The van der Waals surface area contributed by atoms with Gasteiger partial charge in [-0.2, -0.15) is 4.98 Å². The van der Waals surface area contributed by atoms with Crippen LogP contribution in [0.2, 0.25) is 5.02 Å². The molecule has 1 aromatic heterocycles. The molecule has 2 aliphatic heterocycles. The second kappa shape index (κ2) is 13.9. The molecular weight excluding hydrogens is 589 g/mol. The third kappa shape index (κ3) is 7.78. The van der Waals surface area contributed by atoms with E-state index < -0.39 is 7.14 Å². The van der Waals surface area contributed by atoms with E-state index in [0.717, 1.165) is 68.8 Å². The first-order valence-corrected chi connectivity index (χ1v) is 17.4. The minimum atomic E-state index is -2.52. The lowest BCUT2D eigenvalue weighted by Crippen LogP contribution is -2.53. The Balaban J connectivity index is 1.22. The molecule has 2 aliphatic rings. The summed E-state index contributed by atoms with van der Waals surface area (Å²) in [5, 5.41) is 7.57. The van der Waals surface area contributed by atoms with Crippen molar-refractivity contribution in [3.63, 3.8) is 0 Å². The monoisotopic (exact) mass is 627 g/mol. The number of rotatable bonds is 11. The van der Waals surface area contributed by atoms with Gasteiger partial charge in [-0.15, -0.1) is 0 Å². The molecule has 3 heterocycles. The number of carbonyl (C=O) groups excluding carboxylic acids is 1. The maximum Gasteiger partial charge on any atom is 0.294 e. The number of aromatic nitrogens is 2. The number of hydrogen-bond donors (Lipinski definition) is 2. The molecule has 0 unspecified atom stereocenters. The average Bonchev–Trinajstić information content (AvgIpc) is 3.02. The van der Waals surface area contributed by atoms with Gasteiger partial charge in [0, 0.05) is 62.4 Å². The van der Waals surface area contributed by atoms with Crippen molar-refractivity contribution in [2.24, 2.45) is 0 Å². The van der Waals surface area contributed by atoms with Crippen molar-refractivity contribution in [1.82, 2.24) is 19.8 Å². The number of piperazine rings is 1. The van der Waals surface area contributed by atoms with E-state index >= 15 is 0 Å². The SMILES string of the molecule is COc1cc(N2CCC(N3CCN(COC=O)CC3)CC2)ccc1Nc1ncc(Cl)c(Nc2ccccc2P(C)(C)=O)n1. The standard InChI is InChI=1S/C30H39ClN7O4P/c1-41-27-18-23(37-12-10-22(11-13-37)38-16-14-36(15-17-38)20-42-21-39)8-9-25(27)34-30-32-19-24(31)29(35-30)33-26-6-4-5-7-28(26)43(2,3)40/h4-9,18-19,21-22H,10-17,20H2,1-3H3,(H2,32,33,34,35). The number of ether oxygens (including phenoxy) is 2. The Morgan fingerprint density at radius 1 is 1.02 bits per heavy atom. The number of hydrogen-bond acceptors (Lipinski definition) is 11. The van der Waals surface area contributed by atoms with Gasteiger partial charge in [0.25, 0.3) is 6.47 Å². The molecule has 43 heavy (non-hydrogen) atoms. The molecular formula is C30H39ClN7O4P. The molecule has 2 fully saturated rings. The second-order valence-electron chi connectivity index (χ2n) is 11.2. The van der Waals surface area contributed by atoms with Crippen LogP contribution in [0, 0.1) is 0 Å². The molecule has 13 heteroatoms. The molecule has 2 aromatic carbocycles. The summed E-state index contributed by atoms with van der Waals surface area (Å²) in [6.07, 6.45) is 3.72. The minimum Gasteiger partial charge on any atom is -0.494 e. The molecule has 3 aromatic rings. The quantitative estimate of drug-likeness (QED) is 0.230. The normalized spacial score (nSPS) is 17.0. The summed E-state index contributed by atoms with van der Waals surface area (Å²) in [6.45, 7) is 10.1. The van der Waals surface area contributed by atoms with E-state index in [1.165, 1.54) is 6.20 Å². The van der Waals surface area contributed by atoms with Crippen LogP contribution in [0.5, 0.6) is 5.75 Å². The van der Waals surface area contributed by atoms with Gasteiger partial charge in [-0.25, -0.2) is 4.98 Å². The van der Waals surface area contributed by atoms with E-state index in [9.17, 15) is 9.36 Å². The highest BCUT2D eigenvalue weighted by molar-refractivity contribution is 7.70. The summed E-state index contributed by atoms with van der Waals surface area (Å²) in [4.78, 5) is 26.6. The molecule has 0 amide bonds. The third-order valence-corrected chi connectivity index (χ3v) is 9.82. The molecule has 230 valence electrons. The lowest BCUT2D eigenvalue weighted by Gasteiger charge is -2.43. The van der Waals surface area contributed by atoms with E-state index in [-0.39, 0.29) is 0 Å². The zero-order valence-electron chi connectivity index (χ0n) is 24.8. The van der Waals surface area contributed by atoms with Crippen molar-refractivity contribution in [2.45, 2.75) is 18.9 Å². The Hall–Kier alpha value is -3.37. The fourth-order valence-electron chi connectivity index (χ4n) is 5.67. The molecule has 0 atom stereocenters. The van der Waals surface area contributed by atoms with Gasteiger partial charge in [0.2, 0.25) is 5.95 Å². The van der Waals surface area contributed by atoms with Gasteiger partial charge in [0.15, 0.2) is 5.82 Å². The maximum absolute atomic E-state index is 12.8. The van der Waals surface area contributed by atoms with Gasteiger partial charge in [-0.1, -0.05) is 23.7 Å². The van der Waals surface area contributed by atoms with Crippen LogP contribution in [0.4, 0.5) is 28.8 Å². The zero-order chi connectivity index (χ0) is 30.4. The molecule has 2 saturated heterocycles. The van der Waals surface area contributed by atoms with Gasteiger partial charge in [0.1, 0.15) is 24.6 Å². The smallest absolute Gasteiger partial charge is 0.294 e. The van der Waals surface area contributed by atoms with Crippen LogP contribution >= 0.6 is 18.7 Å².